The van der Waals surface area contributed by atoms with E-state index in [2.05, 4.69) is 5.32 Å². The lowest BCUT2D eigenvalue weighted by atomic mass is 9.89. The van der Waals surface area contributed by atoms with Crippen LogP contribution in [0.2, 0.25) is 0 Å². The van der Waals surface area contributed by atoms with Crippen molar-refractivity contribution in [2.45, 2.75) is 32.2 Å². The van der Waals surface area contributed by atoms with Crippen molar-refractivity contribution in [3.63, 3.8) is 0 Å². The van der Waals surface area contributed by atoms with Crippen LogP contribution in [0.15, 0.2) is 24.3 Å². The molecular formula is C17H24N2O2. The quantitative estimate of drug-likeness (QED) is 0.842. The first-order valence-corrected chi connectivity index (χ1v) is 7.93. The summed E-state index contributed by atoms with van der Waals surface area (Å²) < 4.78 is 5.49. The fourth-order valence-corrected chi connectivity index (χ4v) is 3.79. The van der Waals surface area contributed by atoms with Gasteiger partial charge in [0.05, 0.1) is 0 Å². The second-order valence-electron chi connectivity index (χ2n) is 6.38. The van der Waals surface area contributed by atoms with Crippen LogP contribution in [0.25, 0.3) is 0 Å². The minimum atomic E-state index is -0.0272. The van der Waals surface area contributed by atoms with Gasteiger partial charge in [-0.1, -0.05) is 18.6 Å². The summed E-state index contributed by atoms with van der Waals surface area (Å²) >= 11 is 0. The van der Waals surface area contributed by atoms with E-state index in [0.29, 0.717) is 18.2 Å². The lowest BCUT2D eigenvalue weighted by Gasteiger charge is -2.21. The SMILES string of the molecule is NCc1ccc(OCC(=O)NCC2CC3CCC2C3)cc1. The van der Waals surface area contributed by atoms with Gasteiger partial charge in [0.25, 0.3) is 5.91 Å². The molecule has 1 amide bonds. The van der Waals surface area contributed by atoms with E-state index < -0.39 is 0 Å². The number of carbonyl (C=O) groups excluding carboxylic acids is 1. The predicted molar refractivity (Wildman–Crippen MR) is 81.8 cm³/mol. The van der Waals surface area contributed by atoms with Crippen molar-refractivity contribution in [2.24, 2.45) is 23.5 Å². The highest BCUT2D eigenvalue weighted by Gasteiger charge is 2.39. The lowest BCUT2D eigenvalue weighted by Crippen LogP contribution is -2.34. The van der Waals surface area contributed by atoms with Crippen LogP contribution in [-0.2, 0) is 11.3 Å². The third-order valence-corrected chi connectivity index (χ3v) is 4.97. The van der Waals surface area contributed by atoms with Crippen LogP contribution in [0.1, 0.15) is 31.2 Å². The highest BCUT2D eigenvalue weighted by molar-refractivity contribution is 5.77. The van der Waals surface area contributed by atoms with Crippen LogP contribution in [0.3, 0.4) is 0 Å². The number of nitrogens with one attached hydrogen (secondary N) is 1. The first kappa shape index (κ1) is 14.4. The molecule has 1 aromatic carbocycles. The fourth-order valence-electron chi connectivity index (χ4n) is 3.79. The van der Waals surface area contributed by atoms with Crippen LogP contribution in [0.4, 0.5) is 0 Å². The van der Waals surface area contributed by atoms with E-state index in [1.54, 1.807) is 0 Å². The number of nitrogens with two attached hydrogens (primary N) is 1. The molecule has 3 rings (SSSR count). The molecule has 0 heterocycles. The largest absolute Gasteiger partial charge is 0.484 e. The predicted octanol–water partition coefficient (Wildman–Crippen LogP) is 2.08. The Morgan fingerprint density at radius 3 is 2.67 bits per heavy atom. The maximum atomic E-state index is 11.8. The third kappa shape index (κ3) is 3.56. The third-order valence-electron chi connectivity index (χ3n) is 4.97. The molecule has 0 aliphatic heterocycles. The molecule has 2 aliphatic carbocycles. The Morgan fingerprint density at radius 1 is 1.24 bits per heavy atom. The van der Waals surface area contributed by atoms with Gasteiger partial charge in [0.2, 0.25) is 0 Å². The number of benzene rings is 1. The smallest absolute Gasteiger partial charge is 0.257 e. The molecule has 2 aliphatic rings. The second kappa shape index (κ2) is 6.48. The van der Waals surface area contributed by atoms with Crippen molar-refractivity contribution < 1.29 is 9.53 Å². The van der Waals surface area contributed by atoms with E-state index in [-0.39, 0.29) is 12.5 Å². The van der Waals surface area contributed by atoms with Gasteiger partial charge in [0.1, 0.15) is 5.75 Å². The van der Waals surface area contributed by atoms with Crippen LogP contribution >= 0.6 is 0 Å². The van der Waals surface area contributed by atoms with Crippen LogP contribution < -0.4 is 15.8 Å². The molecule has 0 spiro atoms. The number of hydrogen-bond donors (Lipinski definition) is 2. The normalized spacial score (nSPS) is 26.8. The van der Waals surface area contributed by atoms with Crippen molar-refractivity contribution >= 4 is 5.91 Å². The van der Waals surface area contributed by atoms with Gasteiger partial charge in [0, 0.05) is 13.1 Å². The van der Waals surface area contributed by atoms with Gasteiger partial charge in [-0.2, -0.15) is 0 Å². The summed E-state index contributed by atoms with van der Waals surface area (Å²) in [4.78, 5) is 11.8. The maximum Gasteiger partial charge on any atom is 0.257 e. The van der Waals surface area contributed by atoms with Crippen molar-refractivity contribution in [2.75, 3.05) is 13.2 Å². The van der Waals surface area contributed by atoms with Crippen molar-refractivity contribution in [3.05, 3.63) is 29.8 Å². The number of ether oxygens (including phenoxy) is 1. The fraction of sp³-hybridized carbons (Fsp3) is 0.588. The van der Waals surface area contributed by atoms with E-state index in [1.165, 1.54) is 25.7 Å². The molecule has 1 aromatic rings. The Balaban J connectivity index is 1.38. The summed E-state index contributed by atoms with van der Waals surface area (Å²) in [6.45, 7) is 1.42. The highest BCUT2D eigenvalue weighted by atomic mass is 16.5. The molecule has 4 nitrogen and oxygen atoms in total. The van der Waals surface area contributed by atoms with Crippen molar-refractivity contribution in [1.82, 2.24) is 5.32 Å². The molecule has 21 heavy (non-hydrogen) atoms. The summed E-state index contributed by atoms with van der Waals surface area (Å²) in [6, 6.07) is 7.54. The molecule has 0 saturated heterocycles. The number of amides is 1. The van der Waals surface area contributed by atoms with Gasteiger partial charge < -0.3 is 15.8 Å². The Kier molecular flexibility index (Phi) is 4.44. The molecule has 4 heteroatoms. The minimum Gasteiger partial charge on any atom is -0.484 e. The van der Waals surface area contributed by atoms with E-state index in [4.69, 9.17) is 10.5 Å². The zero-order valence-electron chi connectivity index (χ0n) is 12.4. The standard InChI is InChI=1S/C17H24N2O2/c18-9-12-2-5-16(6-3-12)21-11-17(20)19-10-15-8-13-1-4-14(15)7-13/h2-3,5-6,13-15H,1,4,7-11,18H2,(H,19,20). The van der Waals surface area contributed by atoms with Gasteiger partial charge >= 0.3 is 0 Å². The summed E-state index contributed by atoms with van der Waals surface area (Å²) in [5.74, 6) is 3.15. The summed E-state index contributed by atoms with van der Waals surface area (Å²) in [7, 11) is 0. The summed E-state index contributed by atoms with van der Waals surface area (Å²) in [5.41, 5.74) is 6.60. The maximum absolute atomic E-state index is 11.8. The molecule has 2 fully saturated rings. The molecule has 114 valence electrons. The van der Waals surface area contributed by atoms with Gasteiger partial charge in [-0.05, 0) is 54.7 Å². The van der Waals surface area contributed by atoms with E-state index in [1.807, 2.05) is 24.3 Å². The molecule has 3 N–H and O–H groups in total. The minimum absolute atomic E-state index is 0.0272. The van der Waals surface area contributed by atoms with Crippen molar-refractivity contribution in [3.8, 4) is 5.75 Å². The number of rotatable bonds is 6. The lowest BCUT2D eigenvalue weighted by molar-refractivity contribution is -0.123. The van der Waals surface area contributed by atoms with E-state index in [9.17, 15) is 4.79 Å². The molecule has 3 unspecified atom stereocenters. The molecule has 2 bridgehead atoms. The number of fused-ring (bicyclic) bond motifs is 2. The molecule has 3 atom stereocenters. The van der Waals surface area contributed by atoms with Gasteiger partial charge in [-0.25, -0.2) is 0 Å². The first-order chi connectivity index (χ1) is 10.2. The topological polar surface area (TPSA) is 64.3 Å². The number of hydrogen-bond acceptors (Lipinski definition) is 3. The van der Waals surface area contributed by atoms with E-state index >= 15 is 0 Å². The second-order valence-corrected chi connectivity index (χ2v) is 6.38. The van der Waals surface area contributed by atoms with Gasteiger partial charge in [-0.3, -0.25) is 4.79 Å². The molecular weight excluding hydrogens is 264 g/mol. The average Bonchev–Trinajstić information content (AvgIpc) is 3.14. The Morgan fingerprint density at radius 2 is 2.05 bits per heavy atom. The zero-order chi connectivity index (χ0) is 14.7. The van der Waals surface area contributed by atoms with Crippen molar-refractivity contribution in [1.29, 1.82) is 0 Å². The Hall–Kier alpha value is -1.55. The van der Waals surface area contributed by atoms with Crippen LogP contribution in [0, 0.1) is 17.8 Å². The monoisotopic (exact) mass is 288 g/mol. The summed E-state index contributed by atoms with van der Waals surface area (Å²) in [5, 5.41) is 3.02. The average molecular weight is 288 g/mol. The van der Waals surface area contributed by atoms with Gasteiger partial charge in [-0.15, -0.1) is 0 Å². The Labute approximate surface area is 126 Å². The molecule has 0 radical (unpaired) electrons. The number of carbonyl (C=O) groups is 1. The summed E-state index contributed by atoms with van der Waals surface area (Å²) in [6.07, 6.45) is 5.43. The van der Waals surface area contributed by atoms with E-state index in [0.717, 1.165) is 23.9 Å². The first-order valence-electron chi connectivity index (χ1n) is 7.93. The van der Waals surface area contributed by atoms with Crippen LogP contribution in [-0.4, -0.2) is 19.1 Å². The highest BCUT2D eigenvalue weighted by Crippen LogP contribution is 2.47. The molecule has 2 saturated carbocycles. The van der Waals surface area contributed by atoms with Gasteiger partial charge in [0.15, 0.2) is 6.61 Å². The van der Waals surface area contributed by atoms with Crippen LogP contribution in [0.5, 0.6) is 5.75 Å². The Bertz CT molecular complexity index is 486. The zero-order valence-corrected chi connectivity index (χ0v) is 12.4. The molecule has 0 aromatic heterocycles.